The molecule has 0 bridgehead atoms. The highest BCUT2D eigenvalue weighted by Gasteiger charge is 2.38. The topological polar surface area (TPSA) is 64.3 Å². The number of carbonyl (C=O) groups is 1. The van der Waals surface area contributed by atoms with Gasteiger partial charge in [-0.25, -0.2) is 0 Å². The lowest BCUT2D eigenvalue weighted by Crippen LogP contribution is -2.49. The largest absolute Gasteiger partial charge is 0.361 e. The van der Waals surface area contributed by atoms with Crippen LogP contribution in [0.5, 0.6) is 0 Å². The van der Waals surface area contributed by atoms with Crippen LogP contribution in [0.15, 0.2) is 0 Å². The van der Waals surface area contributed by atoms with E-state index in [0.717, 1.165) is 57.4 Å². The predicted octanol–water partition coefficient (Wildman–Crippen LogP) is 1.58. The van der Waals surface area contributed by atoms with E-state index < -0.39 is 0 Å². The lowest BCUT2D eigenvalue weighted by atomic mass is 9.79. The van der Waals surface area contributed by atoms with E-state index >= 15 is 0 Å². The Hall–Kier alpha value is -0.610. The molecule has 0 radical (unpaired) electrons. The molecule has 0 aromatic carbocycles. The maximum absolute atomic E-state index is 11.9. The van der Waals surface area contributed by atoms with Crippen molar-refractivity contribution in [3.05, 3.63) is 0 Å². The van der Waals surface area contributed by atoms with Gasteiger partial charge in [-0.1, -0.05) is 6.92 Å². The molecule has 2 fully saturated rings. The Kier molecular flexibility index (Phi) is 4.62. The summed E-state index contributed by atoms with van der Waals surface area (Å²) in [7, 11) is 0. The number of rotatable bonds is 3. The predicted molar refractivity (Wildman–Crippen MR) is 71.2 cm³/mol. The Morgan fingerprint density at radius 2 is 2.06 bits per heavy atom. The molecule has 1 saturated heterocycles. The summed E-state index contributed by atoms with van der Waals surface area (Å²) in [4.78, 5) is 11.9. The van der Waals surface area contributed by atoms with E-state index in [0.29, 0.717) is 6.54 Å². The van der Waals surface area contributed by atoms with Crippen LogP contribution in [0, 0.1) is 5.92 Å². The van der Waals surface area contributed by atoms with Crippen molar-refractivity contribution in [1.82, 2.24) is 5.32 Å². The summed E-state index contributed by atoms with van der Waals surface area (Å²) in [5.41, 5.74) is 5.68. The maximum Gasteiger partial charge on any atom is 0.249 e. The van der Waals surface area contributed by atoms with Crippen molar-refractivity contribution in [3.63, 3.8) is 0 Å². The first-order valence-electron chi connectivity index (χ1n) is 7.31. The quantitative estimate of drug-likeness (QED) is 0.803. The second kappa shape index (κ2) is 6.02. The second-order valence-electron chi connectivity index (χ2n) is 5.96. The Morgan fingerprint density at radius 1 is 1.33 bits per heavy atom. The number of nitrogens with two attached hydrogens (primary N) is 1. The van der Waals surface area contributed by atoms with E-state index in [-0.39, 0.29) is 17.6 Å². The van der Waals surface area contributed by atoms with Crippen LogP contribution >= 0.6 is 0 Å². The van der Waals surface area contributed by atoms with Gasteiger partial charge in [-0.05, 0) is 50.9 Å². The minimum absolute atomic E-state index is 0.0546. The fraction of sp³-hybridized carbons (Fsp3) is 0.929. The molecule has 1 amide bonds. The molecular weight excluding hydrogens is 228 g/mol. The number of ether oxygens (including phenoxy) is 1. The molecule has 4 heteroatoms. The van der Waals surface area contributed by atoms with E-state index in [2.05, 4.69) is 12.2 Å². The smallest absolute Gasteiger partial charge is 0.249 e. The molecule has 2 rings (SSSR count). The number of hydrogen-bond acceptors (Lipinski definition) is 3. The molecule has 2 aliphatic rings. The van der Waals surface area contributed by atoms with Crippen molar-refractivity contribution in [2.75, 3.05) is 13.1 Å². The first kappa shape index (κ1) is 13.8. The van der Waals surface area contributed by atoms with Gasteiger partial charge in [0.15, 0.2) is 0 Å². The third kappa shape index (κ3) is 3.23. The van der Waals surface area contributed by atoms with E-state index in [9.17, 15) is 4.79 Å². The van der Waals surface area contributed by atoms with Crippen LogP contribution in [0.3, 0.4) is 0 Å². The van der Waals surface area contributed by atoms with E-state index in [4.69, 9.17) is 10.5 Å². The fourth-order valence-electron chi connectivity index (χ4n) is 2.98. The minimum Gasteiger partial charge on any atom is -0.361 e. The molecule has 1 unspecified atom stereocenters. The van der Waals surface area contributed by atoms with Gasteiger partial charge in [0, 0.05) is 13.1 Å². The second-order valence-corrected chi connectivity index (χ2v) is 5.96. The van der Waals surface area contributed by atoms with Gasteiger partial charge in [0.1, 0.15) is 6.10 Å². The molecule has 1 saturated carbocycles. The average molecular weight is 254 g/mol. The Bertz CT molecular complexity index is 286. The van der Waals surface area contributed by atoms with Crippen molar-refractivity contribution in [1.29, 1.82) is 0 Å². The van der Waals surface area contributed by atoms with Crippen molar-refractivity contribution in [2.24, 2.45) is 11.7 Å². The molecule has 104 valence electrons. The monoisotopic (exact) mass is 254 g/mol. The maximum atomic E-state index is 11.9. The zero-order chi connectivity index (χ0) is 13.0. The number of hydrogen-bond donors (Lipinski definition) is 2. The van der Waals surface area contributed by atoms with Gasteiger partial charge in [0.2, 0.25) is 5.91 Å². The van der Waals surface area contributed by atoms with Crippen LogP contribution in [-0.2, 0) is 9.53 Å². The molecule has 1 atom stereocenters. The summed E-state index contributed by atoms with van der Waals surface area (Å²) in [6.07, 6.45) is 6.96. The van der Waals surface area contributed by atoms with Crippen LogP contribution in [0.25, 0.3) is 0 Å². The highest BCUT2D eigenvalue weighted by Crippen LogP contribution is 2.35. The molecule has 3 N–H and O–H groups in total. The number of amides is 1. The molecule has 18 heavy (non-hydrogen) atoms. The Morgan fingerprint density at radius 3 is 2.72 bits per heavy atom. The first-order valence-corrected chi connectivity index (χ1v) is 7.31. The molecule has 0 spiro atoms. The van der Waals surface area contributed by atoms with Gasteiger partial charge < -0.3 is 15.8 Å². The number of nitrogens with one attached hydrogen (secondary N) is 1. The third-order valence-electron chi connectivity index (χ3n) is 4.43. The minimum atomic E-state index is -0.288. The van der Waals surface area contributed by atoms with Crippen LogP contribution in [0.1, 0.15) is 51.9 Å². The lowest BCUT2D eigenvalue weighted by molar-refractivity contribution is -0.152. The molecule has 1 aliphatic heterocycles. The average Bonchev–Trinajstić information content (AvgIpc) is 2.58. The zero-order valence-corrected chi connectivity index (χ0v) is 11.4. The van der Waals surface area contributed by atoms with Crippen molar-refractivity contribution in [3.8, 4) is 0 Å². The zero-order valence-electron chi connectivity index (χ0n) is 11.4. The van der Waals surface area contributed by atoms with E-state index in [1.807, 2.05) is 0 Å². The van der Waals surface area contributed by atoms with Gasteiger partial charge in [-0.15, -0.1) is 0 Å². The summed E-state index contributed by atoms with van der Waals surface area (Å²) < 4.78 is 6.17. The van der Waals surface area contributed by atoms with Crippen molar-refractivity contribution >= 4 is 5.91 Å². The van der Waals surface area contributed by atoms with Gasteiger partial charge in [-0.3, -0.25) is 4.79 Å². The molecule has 4 nitrogen and oxygen atoms in total. The summed E-state index contributed by atoms with van der Waals surface area (Å²) >= 11 is 0. The summed E-state index contributed by atoms with van der Waals surface area (Å²) in [5.74, 6) is 0.815. The van der Waals surface area contributed by atoms with E-state index in [1.54, 1.807) is 0 Å². The third-order valence-corrected chi connectivity index (χ3v) is 4.43. The van der Waals surface area contributed by atoms with Gasteiger partial charge in [0.05, 0.1) is 5.60 Å². The summed E-state index contributed by atoms with van der Waals surface area (Å²) in [5, 5.41) is 2.93. The Labute approximate surface area is 110 Å². The van der Waals surface area contributed by atoms with E-state index in [1.165, 1.54) is 0 Å². The highest BCUT2D eigenvalue weighted by atomic mass is 16.5. The van der Waals surface area contributed by atoms with Gasteiger partial charge in [-0.2, -0.15) is 0 Å². The molecular formula is C14H26N2O2. The Balaban J connectivity index is 1.98. The normalized spacial score (nSPS) is 38.0. The van der Waals surface area contributed by atoms with Crippen LogP contribution < -0.4 is 11.1 Å². The highest BCUT2D eigenvalue weighted by molar-refractivity contribution is 5.81. The fourth-order valence-corrected chi connectivity index (χ4v) is 2.98. The van der Waals surface area contributed by atoms with Gasteiger partial charge in [0.25, 0.3) is 0 Å². The van der Waals surface area contributed by atoms with Crippen LogP contribution in [0.4, 0.5) is 0 Å². The molecule has 0 aromatic rings. The molecule has 1 heterocycles. The SMILES string of the molecule is CC1CCC(CN)(OC2CCCCNC2=O)CC1. The number of carbonyl (C=O) groups excluding carboxylic acids is 1. The molecule has 0 aromatic heterocycles. The van der Waals surface area contributed by atoms with Crippen LogP contribution in [-0.4, -0.2) is 30.7 Å². The summed E-state index contributed by atoms with van der Waals surface area (Å²) in [6, 6.07) is 0. The standard InChI is InChI=1S/C14H26N2O2/c1-11-5-7-14(10-15,8-6-11)18-12-4-2-3-9-16-13(12)17/h11-12H,2-10,15H2,1H3,(H,16,17). The lowest BCUT2D eigenvalue weighted by Gasteiger charge is -2.40. The van der Waals surface area contributed by atoms with Crippen molar-refractivity contribution in [2.45, 2.75) is 63.6 Å². The first-order chi connectivity index (χ1) is 8.65. The van der Waals surface area contributed by atoms with Gasteiger partial charge >= 0.3 is 0 Å². The van der Waals surface area contributed by atoms with Crippen LogP contribution in [0.2, 0.25) is 0 Å². The summed E-state index contributed by atoms with van der Waals surface area (Å²) in [6.45, 7) is 3.59. The van der Waals surface area contributed by atoms with Crippen molar-refractivity contribution < 1.29 is 9.53 Å². The molecule has 1 aliphatic carbocycles.